The number of fused-ring (bicyclic) bond motifs is 1. The van der Waals surface area contributed by atoms with Crippen molar-refractivity contribution in [3.63, 3.8) is 0 Å². The standard InChI is InChI=1S/C31H24BrN3O5S/c32-22-11-9-20(10-12-22)15-26(35-30(37)21-5-2-1-3-6-21)31(38)34-23-7-4-8-25(16-23)41-18-29(36)33-24-13-14-27-28(17-24)40-19-39-27/h1-17H,18-19H2,(H,33,36)(H,34,38)(H,35,37)/b26-15-. The van der Waals surface area contributed by atoms with Gasteiger partial charge in [0.1, 0.15) is 5.70 Å². The number of thioether (sulfide) groups is 1. The highest BCUT2D eigenvalue weighted by atomic mass is 79.9. The molecule has 3 amide bonds. The number of carbonyl (C=O) groups is 3. The maximum atomic E-state index is 13.3. The molecule has 8 nitrogen and oxygen atoms in total. The summed E-state index contributed by atoms with van der Waals surface area (Å²) < 4.78 is 11.5. The first-order valence-corrected chi connectivity index (χ1v) is 14.3. The Hall–Kier alpha value is -4.54. The van der Waals surface area contributed by atoms with Crippen LogP contribution in [0.15, 0.2) is 112 Å². The fourth-order valence-corrected chi connectivity index (χ4v) is 4.87. The van der Waals surface area contributed by atoms with Gasteiger partial charge in [-0.05, 0) is 66.2 Å². The molecule has 5 rings (SSSR count). The summed E-state index contributed by atoms with van der Waals surface area (Å²) in [5.41, 5.74) is 2.39. The van der Waals surface area contributed by atoms with Crippen LogP contribution in [0.5, 0.6) is 11.5 Å². The van der Waals surface area contributed by atoms with Crippen molar-refractivity contribution in [3.8, 4) is 11.5 Å². The summed E-state index contributed by atoms with van der Waals surface area (Å²) in [5.74, 6) is 0.319. The molecule has 0 unspecified atom stereocenters. The number of nitrogens with one attached hydrogen (secondary N) is 3. The third-order valence-electron chi connectivity index (χ3n) is 5.83. The van der Waals surface area contributed by atoms with Gasteiger partial charge < -0.3 is 25.4 Å². The van der Waals surface area contributed by atoms with E-state index in [2.05, 4.69) is 31.9 Å². The molecular formula is C31H24BrN3O5S. The molecule has 0 atom stereocenters. The number of hydrogen-bond donors (Lipinski definition) is 3. The molecule has 0 radical (unpaired) electrons. The van der Waals surface area contributed by atoms with Crippen molar-refractivity contribution in [2.24, 2.45) is 0 Å². The van der Waals surface area contributed by atoms with Gasteiger partial charge in [0.2, 0.25) is 12.7 Å². The zero-order chi connectivity index (χ0) is 28.6. The molecule has 3 N–H and O–H groups in total. The molecule has 0 bridgehead atoms. The van der Waals surface area contributed by atoms with E-state index in [1.54, 1.807) is 66.7 Å². The van der Waals surface area contributed by atoms with Crippen molar-refractivity contribution < 1.29 is 23.9 Å². The summed E-state index contributed by atoms with van der Waals surface area (Å²) in [4.78, 5) is 39.5. The molecule has 1 aliphatic heterocycles. The summed E-state index contributed by atoms with van der Waals surface area (Å²) in [5, 5.41) is 8.43. The third kappa shape index (κ3) is 7.77. The van der Waals surface area contributed by atoms with Crippen molar-refractivity contribution in [2.75, 3.05) is 23.2 Å². The van der Waals surface area contributed by atoms with Crippen LogP contribution in [0.1, 0.15) is 15.9 Å². The SMILES string of the molecule is O=C(CSc1cccc(NC(=O)/C(=C/c2ccc(Br)cc2)NC(=O)c2ccccc2)c1)Nc1ccc2c(c1)OCO2. The van der Waals surface area contributed by atoms with Crippen LogP contribution in [-0.2, 0) is 9.59 Å². The van der Waals surface area contributed by atoms with E-state index in [-0.39, 0.29) is 24.2 Å². The van der Waals surface area contributed by atoms with Crippen LogP contribution >= 0.6 is 27.7 Å². The second kappa shape index (κ2) is 13.2. The maximum absolute atomic E-state index is 13.3. The first-order chi connectivity index (χ1) is 19.9. The van der Waals surface area contributed by atoms with Crippen LogP contribution in [0.4, 0.5) is 11.4 Å². The lowest BCUT2D eigenvalue weighted by molar-refractivity contribution is -0.114. The number of carbonyl (C=O) groups excluding carboxylic acids is 3. The van der Waals surface area contributed by atoms with Gasteiger partial charge in [0.05, 0.1) is 5.75 Å². The second-order valence-electron chi connectivity index (χ2n) is 8.82. The van der Waals surface area contributed by atoms with E-state index in [1.807, 2.05) is 36.4 Å². The van der Waals surface area contributed by atoms with E-state index < -0.39 is 11.8 Å². The normalized spacial score (nSPS) is 12.0. The zero-order valence-corrected chi connectivity index (χ0v) is 24.0. The van der Waals surface area contributed by atoms with E-state index in [9.17, 15) is 14.4 Å². The Morgan fingerprint density at radius 1 is 0.805 bits per heavy atom. The summed E-state index contributed by atoms with van der Waals surface area (Å²) in [6.45, 7) is 0.163. The van der Waals surface area contributed by atoms with Crippen LogP contribution in [-0.4, -0.2) is 30.3 Å². The summed E-state index contributed by atoms with van der Waals surface area (Å²) in [6.07, 6.45) is 1.61. The molecule has 10 heteroatoms. The maximum Gasteiger partial charge on any atom is 0.272 e. The van der Waals surface area contributed by atoms with E-state index >= 15 is 0 Å². The number of rotatable bonds is 9. The lowest BCUT2D eigenvalue weighted by atomic mass is 10.1. The zero-order valence-electron chi connectivity index (χ0n) is 21.6. The average Bonchev–Trinajstić information content (AvgIpc) is 3.45. The van der Waals surface area contributed by atoms with Crippen molar-refractivity contribution in [1.29, 1.82) is 0 Å². The van der Waals surface area contributed by atoms with Crippen molar-refractivity contribution in [2.45, 2.75) is 4.90 Å². The quantitative estimate of drug-likeness (QED) is 0.148. The topological polar surface area (TPSA) is 106 Å². The number of benzene rings is 4. The van der Waals surface area contributed by atoms with E-state index in [1.165, 1.54) is 11.8 Å². The molecule has 1 aliphatic rings. The minimum absolute atomic E-state index is 0.0855. The molecule has 41 heavy (non-hydrogen) atoms. The Morgan fingerprint density at radius 3 is 2.37 bits per heavy atom. The smallest absolute Gasteiger partial charge is 0.272 e. The molecule has 0 aromatic heterocycles. The van der Waals surface area contributed by atoms with Crippen molar-refractivity contribution in [1.82, 2.24) is 5.32 Å². The monoisotopic (exact) mass is 629 g/mol. The number of hydrogen-bond acceptors (Lipinski definition) is 6. The average molecular weight is 631 g/mol. The lowest BCUT2D eigenvalue weighted by Gasteiger charge is -2.12. The predicted octanol–water partition coefficient (Wildman–Crippen LogP) is 6.32. The van der Waals surface area contributed by atoms with E-state index in [0.29, 0.717) is 28.4 Å². The van der Waals surface area contributed by atoms with Crippen molar-refractivity contribution >= 4 is 62.9 Å². The Labute approximate surface area is 249 Å². The first kappa shape index (κ1) is 28.0. The Kier molecular flexibility index (Phi) is 9.02. The first-order valence-electron chi connectivity index (χ1n) is 12.5. The van der Waals surface area contributed by atoms with Crippen LogP contribution in [0.3, 0.4) is 0 Å². The number of anilines is 2. The number of ether oxygens (including phenoxy) is 2. The number of halogens is 1. The molecule has 0 saturated heterocycles. The predicted molar refractivity (Wildman–Crippen MR) is 163 cm³/mol. The van der Waals surface area contributed by atoms with Crippen molar-refractivity contribution in [3.05, 3.63) is 118 Å². The molecule has 0 fully saturated rings. The molecule has 1 heterocycles. The summed E-state index contributed by atoms with van der Waals surface area (Å²) in [7, 11) is 0. The molecule has 4 aromatic carbocycles. The lowest BCUT2D eigenvalue weighted by Crippen LogP contribution is -2.30. The van der Waals surface area contributed by atoms with Gasteiger partial charge in [-0.2, -0.15) is 0 Å². The minimum Gasteiger partial charge on any atom is -0.454 e. The Balaban J connectivity index is 1.24. The van der Waals surface area contributed by atoms with Crippen LogP contribution in [0.25, 0.3) is 6.08 Å². The highest BCUT2D eigenvalue weighted by Gasteiger charge is 2.16. The number of amides is 3. The summed E-state index contributed by atoms with van der Waals surface area (Å²) in [6, 6.07) is 28.4. The highest BCUT2D eigenvalue weighted by molar-refractivity contribution is 9.10. The Bertz CT molecular complexity index is 1610. The van der Waals surface area contributed by atoms with Gasteiger partial charge in [-0.3, -0.25) is 14.4 Å². The molecule has 0 saturated carbocycles. The second-order valence-corrected chi connectivity index (χ2v) is 10.8. The Morgan fingerprint density at radius 2 is 1.56 bits per heavy atom. The highest BCUT2D eigenvalue weighted by Crippen LogP contribution is 2.34. The molecular weight excluding hydrogens is 606 g/mol. The fourth-order valence-electron chi connectivity index (χ4n) is 3.85. The van der Waals surface area contributed by atoms with Gasteiger partial charge in [-0.1, -0.05) is 52.3 Å². The largest absolute Gasteiger partial charge is 0.454 e. The molecule has 206 valence electrons. The molecule has 4 aromatic rings. The summed E-state index contributed by atoms with van der Waals surface area (Å²) >= 11 is 4.73. The molecule has 0 aliphatic carbocycles. The van der Waals surface area contributed by atoms with Crippen LogP contribution < -0.4 is 25.4 Å². The van der Waals surface area contributed by atoms with Gasteiger partial charge in [0.15, 0.2) is 11.5 Å². The fraction of sp³-hybridized carbons (Fsp3) is 0.0645. The molecule has 0 spiro atoms. The van der Waals surface area contributed by atoms with E-state index in [4.69, 9.17) is 9.47 Å². The van der Waals surface area contributed by atoms with Crippen LogP contribution in [0.2, 0.25) is 0 Å². The van der Waals surface area contributed by atoms with Gasteiger partial charge in [0.25, 0.3) is 11.8 Å². The van der Waals surface area contributed by atoms with E-state index in [0.717, 1.165) is 14.9 Å². The van der Waals surface area contributed by atoms with Gasteiger partial charge in [-0.15, -0.1) is 11.8 Å². The van der Waals surface area contributed by atoms with Gasteiger partial charge >= 0.3 is 0 Å². The van der Waals surface area contributed by atoms with Gasteiger partial charge in [-0.25, -0.2) is 0 Å². The third-order valence-corrected chi connectivity index (χ3v) is 7.35. The van der Waals surface area contributed by atoms with Crippen LogP contribution in [0, 0.1) is 0 Å². The minimum atomic E-state index is -0.486. The van der Waals surface area contributed by atoms with Gasteiger partial charge in [0, 0.05) is 32.4 Å².